The van der Waals surface area contributed by atoms with Crippen LogP contribution in [0.5, 0.6) is 0 Å². The van der Waals surface area contributed by atoms with Crippen molar-refractivity contribution in [2.45, 2.75) is 6.92 Å². The Hall–Kier alpha value is -3.12. The Bertz CT molecular complexity index is 1070. The predicted octanol–water partition coefficient (Wildman–Crippen LogP) is 4.23. The number of hydrogen-bond donors (Lipinski definition) is 1. The molecule has 0 radical (unpaired) electrons. The van der Waals surface area contributed by atoms with E-state index in [0.29, 0.717) is 22.0 Å². The summed E-state index contributed by atoms with van der Waals surface area (Å²) in [6.45, 7) is 1.83. The van der Waals surface area contributed by atoms with Crippen molar-refractivity contribution >= 4 is 34.2 Å². The number of aryl methyl sites for hydroxylation is 1. The number of nitrogens with one attached hydrogen (secondary N) is 1. The van der Waals surface area contributed by atoms with Crippen LogP contribution in [-0.2, 0) is 0 Å². The van der Waals surface area contributed by atoms with Crippen molar-refractivity contribution in [3.05, 3.63) is 71.2 Å². The number of amides is 1. The zero-order valence-corrected chi connectivity index (χ0v) is 14.0. The highest BCUT2D eigenvalue weighted by Crippen LogP contribution is 2.29. The summed E-state index contributed by atoms with van der Waals surface area (Å²) in [5, 5.41) is 12.1. The second-order valence-corrected chi connectivity index (χ2v) is 5.95. The molecule has 0 saturated heterocycles. The van der Waals surface area contributed by atoms with Gasteiger partial charge in [-0.3, -0.25) is 4.79 Å². The molecule has 0 aliphatic rings. The first kappa shape index (κ1) is 15.4. The molecule has 1 N–H and O–H groups in total. The van der Waals surface area contributed by atoms with Gasteiger partial charge >= 0.3 is 0 Å². The first-order valence-electron chi connectivity index (χ1n) is 7.59. The van der Waals surface area contributed by atoms with E-state index >= 15 is 0 Å². The Morgan fingerprint density at radius 2 is 2.08 bits per heavy atom. The zero-order chi connectivity index (χ0) is 17.4. The Balaban J connectivity index is 1.71. The lowest BCUT2D eigenvalue weighted by atomic mass is 10.1. The largest absolute Gasteiger partial charge is 0.451 e. The summed E-state index contributed by atoms with van der Waals surface area (Å²) >= 11 is 6.03. The number of carbonyl (C=O) groups excluding carboxylic acids is 1. The van der Waals surface area contributed by atoms with E-state index in [4.69, 9.17) is 16.0 Å². The number of furan rings is 1. The maximum absolute atomic E-state index is 12.7. The van der Waals surface area contributed by atoms with Crippen LogP contribution in [0.25, 0.3) is 16.7 Å². The molecule has 7 heteroatoms. The SMILES string of the molecule is Cc1c(C(=O)Nc2ccccc2-n2ccnn2)oc2ccc(Cl)cc12. The van der Waals surface area contributed by atoms with Crippen molar-refractivity contribution < 1.29 is 9.21 Å². The lowest BCUT2D eigenvalue weighted by molar-refractivity contribution is 0.0998. The van der Waals surface area contributed by atoms with Gasteiger partial charge in [0.25, 0.3) is 5.91 Å². The maximum atomic E-state index is 12.7. The Kier molecular flexibility index (Phi) is 3.74. The first-order valence-corrected chi connectivity index (χ1v) is 7.97. The highest BCUT2D eigenvalue weighted by molar-refractivity contribution is 6.31. The van der Waals surface area contributed by atoms with Crippen LogP contribution in [-0.4, -0.2) is 20.9 Å². The van der Waals surface area contributed by atoms with E-state index in [-0.39, 0.29) is 11.7 Å². The van der Waals surface area contributed by atoms with Crippen LogP contribution in [0.2, 0.25) is 5.02 Å². The molecule has 0 spiro atoms. The van der Waals surface area contributed by atoms with Crippen molar-refractivity contribution in [3.63, 3.8) is 0 Å². The van der Waals surface area contributed by atoms with Crippen LogP contribution in [0, 0.1) is 6.92 Å². The van der Waals surface area contributed by atoms with Gasteiger partial charge in [0.15, 0.2) is 5.76 Å². The van der Waals surface area contributed by atoms with E-state index in [1.54, 1.807) is 41.3 Å². The molecule has 0 unspecified atom stereocenters. The van der Waals surface area contributed by atoms with Gasteiger partial charge < -0.3 is 9.73 Å². The molecule has 0 aliphatic carbocycles. The highest BCUT2D eigenvalue weighted by Gasteiger charge is 2.19. The fraction of sp³-hybridized carbons (Fsp3) is 0.0556. The lowest BCUT2D eigenvalue weighted by Gasteiger charge is -2.09. The summed E-state index contributed by atoms with van der Waals surface area (Å²) in [7, 11) is 0. The van der Waals surface area contributed by atoms with Gasteiger partial charge in [-0.05, 0) is 37.3 Å². The molecule has 4 aromatic rings. The molecule has 2 aromatic heterocycles. The number of anilines is 1. The van der Waals surface area contributed by atoms with Crippen molar-refractivity contribution in [1.29, 1.82) is 0 Å². The monoisotopic (exact) mass is 352 g/mol. The van der Waals surface area contributed by atoms with Crippen LogP contribution in [0.4, 0.5) is 5.69 Å². The number of rotatable bonds is 3. The molecule has 0 aliphatic heterocycles. The Labute approximate surface area is 148 Å². The summed E-state index contributed by atoms with van der Waals surface area (Å²) in [6.07, 6.45) is 3.28. The van der Waals surface area contributed by atoms with Crippen LogP contribution in [0.3, 0.4) is 0 Å². The summed E-state index contributed by atoms with van der Waals surface area (Å²) in [5.41, 5.74) is 2.69. The second kappa shape index (κ2) is 6.07. The number of halogens is 1. The third-order valence-corrected chi connectivity index (χ3v) is 4.16. The van der Waals surface area contributed by atoms with Gasteiger partial charge in [-0.25, -0.2) is 4.68 Å². The summed E-state index contributed by atoms with van der Waals surface area (Å²) in [4.78, 5) is 12.7. The van der Waals surface area contributed by atoms with Gasteiger partial charge in [-0.15, -0.1) is 5.10 Å². The van der Waals surface area contributed by atoms with Crippen molar-refractivity contribution in [1.82, 2.24) is 15.0 Å². The zero-order valence-electron chi connectivity index (χ0n) is 13.2. The number of fused-ring (bicyclic) bond motifs is 1. The third-order valence-electron chi connectivity index (χ3n) is 3.93. The fourth-order valence-electron chi connectivity index (χ4n) is 2.70. The Morgan fingerprint density at radius 3 is 2.88 bits per heavy atom. The molecule has 124 valence electrons. The summed E-state index contributed by atoms with van der Waals surface area (Å²) in [6, 6.07) is 12.6. The maximum Gasteiger partial charge on any atom is 0.291 e. The number of para-hydroxylation sites is 2. The van der Waals surface area contributed by atoms with Crippen molar-refractivity contribution in [2.75, 3.05) is 5.32 Å². The summed E-state index contributed by atoms with van der Waals surface area (Å²) < 4.78 is 7.30. The van der Waals surface area contributed by atoms with E-state index in [1.807, 2.05) is 25.1 Å². The minimum absolute atomic E-state index is 0.255. The molecule has 0 saturated carbocycles. The minimum Gasteiger partial charge on any atom is -0.451 e. The number of hydrogen-bond acceptors (Lipinski definition) is 4. The van der Waals surface area contributed by atoms with E-state index in [1.165, 1.54) is 0 Å². The third kappa shape index (κ3) is 2.77. The molecule has 0 fully saturated rings. The molecule has 0 atom stereocenters. The molecule has 2 heterocycles. The van der Waals surface area contributed by atoms with E-state index < -0.39 is 0 Å². The van der Waals surface area contributed by atoms with Crippen molar-refractivity contribution in [3.8, 4) is 5.69 Å². The second-order valence-electron chi connectivity index (χ2n) is 5.52. The number of benzene rings is 2. The van der Waals surface area contributed by atoms with Gasteiger partial charge in [0.2, 0.25) is 0 Å². The molecule has 6 nitrogen and oxygen atoms in total. The molecule has 1 amide bonds. The number of aromatic nitrogens is 3. The predicted molar refractivity (Wildman–Crippen MR) is 95.3 cm³/mol. The fourth-order valence-corrected chi connectivity index (χ4v) is 2.88. The van der Waals surface area contributed by atoms with E-state index in [0.717, 1.165) is 10.9 Å². The first-order chi connectivity index (χ1) is 12.1. The van der Waals surface area contributed by atoms with Gasteiger partial charge in [-0.2, -0.15) is 0 Å². The van der Waals surface area contributed by atoms with Gasteiger partial charge in [0.1, 0.15) is 5.58 Å². The van der Waals surface area contributed by atoms with Gasteiger partial charge in [0.05, 0.1) is 23.8 Å². The molecule has 25 heavy (non-hydrogen) atoms. The van der Waals surface area contributed by atoms with Gasteiger partial charge in [0, 0.05) is 16.0 Å². The number of carbonyl (C=O) groups is 1. The topological polar surface area (TPSA) is 73.0 Å². The standard InChI is InChI=1S/C18H13ClN4O2/c1-11-13-10-12(19)6-7-16(13)25-17(11)18(24)21-14-4-2-3-5-15(14)23-9-8-20-22-23/h2-10H,1H3,(H,21,24). The van der Waals surface area contributed by atoms with Crippen LogP contribution >= 0.6 is 11.6 Å². The normalized spacial score (nSPS) is 11.0. The van der Waals surface area contributed by atoms with E-state index in [9.17, 15) is 4.79 Å². The smallest absolute Gasteiger partial charge is 0.291 e. The molecule has 2 aromatic carbocycles. The van der Waals surface area contributed by atoms with Crippen LogP contribution in [0.1, 0.15) is 16.1 Å². The lowest BCUT2D eigenvalue weighted by Crippen LogP contribution is -2.14. The van der Waals surface area contributed by atoms with Gasteiger partial charge in [-0.1, -0.05) is 28.9 Å². The minimum atomic E-state index is -0.336. The van der Waals surface area contributed by atoms with Crippen molar-refractivity contribution in [2.24, 2.45) is 0 Å². The van der Waals surface area contributed by atoms with E-state index in [2.05, 4.69) is 15.6 Å². The van der Waals surface area contributed by atoms with Crippen LogP contribution in [0.15, 0.2) is 59.3 Å². The Morgan fingerprint density at radius 1 is 1.24 bits per heavy atom. The molecular weight excluding hydrogens is 340 g/mol. The quantitative estimate of drug-likeness (QED) is 0.599. The molecule has 4 rings (SSSR count). The molecule has 0 bridgehead atoms. The average Bonchev–Trinajstić information content (AvgIpc) is 3.24. The van der Waals surface area contributed by atoms with Crippen LogP contribution < -0.4 is 5.32 Å². The molecular formula is C18H13ClN4O2. The average molecular weight is 353 g/mol. The summed E-state index contributed by atoms with van der Waals surface area (Å²) in [5.74, 6) is -0.0805. The highest BCUT2D eigenvalue weighted by atomic mass is 35.5. The number of nitrogens with zero attached hydrogens (tertiary/aromatic N) is 3.